The Morgan fingerprint density at radius 2 is 2.13 bits per heavy atom. The van der Waals surface area contributed by atoms with E-state index >= 15 is 0 Å². The monoisotopic (exact) mass is 228 g/mol. The highest BCUT2D eigenvalue weighted by molar-refractivity contribution is 7.09. The highest BCUT2D eigenvalue weighted by atomic mass is 32.1. The van der Waals surface area contributed by atoms with Crippen LogP contribution >= 0.6 is 11.3 Å². The summed E-state index contributed by atoms with van der Waals surface area (Å²) in [7, 11) is 0. The number of aromatic nitrogens is 1. The summed E-state index contributed by atoms with van der Waals surface area (Å²) in [5.74, 6) is 0.436. The molecule has 0 spiro atoms. The molecule has 86 valence electrons. The number of nitrogens with one attached hydrogen (secondary N) is 1. The smallest absolute Gasteiger partial charge is 0.0798 e. The van der Waals surface area contributed by atoms with Crippen molar-refractivity contribution in [2.45, 2.75) is 39.8 Å². The van der Waals surface area contributed by atoms with E-state index in [9.17, 15) is 5.11 Å². The quantitative estimate of drug-likeness (QED) is 0.811. The lowest BCUT2D eigenvalue weighted by atomic mass is 10.0. The number of aliphatic hydroxyl groups excluding tert-OH is 1. The second-order valence-electron chi connectivity index (χ2n) is 4.22. The molecule has 1 rings (SSSR count). The van der Waals surface area contributed by atoms with Gasteiger partial charge in [0.05, 0.1) is 17.8 Å². The Balaban J connectivity index is 2.62. The molecule has 1 aromatic heterocycles. The lowest BCUT2D eigenvalue weighted by Crippen LogP contribution is -2.38. The molecule has 15 heavy (non-hydrogen) atoms. The fourth-order valence-electron chi connectivity index (χ4n) is 1.58. The van der Waals surface area contributed by atoms with Crippen molar-refractivity contribution in [2.24, 2.45) is 5.92 Å². The van der Waals surface area contributed by atoms with Crippen molar-refractivity contribution in [3.8, 4) is 0 Å². The maximum atomic E-state index is 9.24. The molecule has 4 heteroatoms. The third-order valence-corrected chi connectivity index (χ3v) is 3.76. The second kappa shape index (κ2) is 5.58. The van der Waals surface area contributed by atoms with E-state index in [0.29, 0.717) is 5.92 Å². The zero-order valence-electron chi connectivity index (χ0n) is 9.82. The molecule has 0 aromatic carbocycles. The zero-order valence-corrected chi connectivity index (χ0v) is 10.6. The molecule has 2 N–H and O–H groups in total. The molecule has 0 fully saturated rings. The molecule has 0 saturated carbocycles. The van der Waals surface area contributed by atoms with Crippen LogP contribution in [0.4, 0.5) is 0 Å². The molecule has 2 atom stereocenters. The van der Waals surface area contributed by atoms with Crippen LogP contribution in [-0.4, -0.2) is 22.7 Å². The molecule has 0 aliphatic carbocycles. The summed E-state index contributed by atoms with van der Waals surface area (Å²) in [5.41, 5.74) is 2.95. The Morgan fingerprint density at radius 1 is 1.47 bits per heavy atom. The molecular weight excluding hydrogens is 208 g/mol. The van der Waals surface area contributed by atoms with E-state index in [1.807, 2.05) is 12.4 Å². The van der Waals surface area contributed by atoms with E-state index < -0.39 is 0 Å². The SMILES string of the molecule is Cc1ncsc1C(C)N[C@H](CO)C(C)C. The second-order valence-corrected chi connectivity index (χ2v) is 5.11. The number of rotatable bonds is 5. The van der Waals surface area contributed by atoms with Gasteiger partial charge in [-0.05, 0) is 19.8 Å². The Kier molecular flexibility index (Phi) is 4.70. The van der Waals surface area contributed by atoms with Gasteiger partial charge in [-0.1, -0.05) is 13.8 Å². The standard InChI is InChI=1S/C11H20N2OS/c1-7(2)10(5-14)13-9(4)11-8(3)12-6-15-11/h6-7,9-10,13-14H,5H2,1-4H3/t9?,10-/m1/s1. The van der Waals surface area contributed by atoms with Crippen molar-refractivity contribution >= 4 is 11.3 Å². The Labute approximate surface area is 95.6 Å². The summed E-state index contributed by atoms with van der Waals surface area (Å²) in [4.78, 5) is 5.49. The number of aliphatic hydroxyl groups is 1. The largest absolute Gasteiger partial charge is 0.395 e. The first-order valence-corrected chi connectivity index (χ1v) is 6.21. The average molecular weight is 228 g/mol. The van der Waals surface area contributed by atoms with Crippen LogP contribution in [0.1, 0.15) is 37.4 Å². The van der Waals surface area contributed by atoms with Crippen LogP contribution in [0.3, 0.4) is 0 Å². The summed E-state index contributed by atoms with van der Waals surface area (Å²) in [5, 5.41) is 12.7. The Morgan fingerprint density at radius 3 is 2.53 bits per heavy atom. The van der Waals surface area contributed by atoms with Gasteiger partial charge >= 0.3 is 0 Å². The molecule has 1 heterocycles. The third-order valence-electron chi connectivity index (χ3n) is 2.64. The number of nitrogens with zero attached hydrogens (tertiary/aromatic N) is 1. The zero-order chi connectivity index (χ0) is 11.4. The molecule has 0 aliphatic rings. The van der Waals surface area contributed by atoms with Crippen LogP contribution in [0.2, 0.25) is 0 Å². The summed E-state index contributed by atoms with van der Waals surface area (Å²) >= 11 is 1.67. The average Bonchev–Trinajstić information content (AvgIpc) is 2.60. The van der Waals surface area contributed by atoms with E-state index in [2.05, 4.69) is 31.1 Å². The van der Waals surface area contributed by atoms with E-state index in [4.69, 9.17) is 0 Å². The van der Waals surface area contributed by atoms with Crippen LogP contribution in [0.25, 0.3) is 0 Å². The predicted molar refractivity (Wildman–Crippen MR) is 64.1 cm³/mol. The van der Waals surface area contributed by atoms with Crippen molar-refractivity contribution in [1.82, 2.24) is 10.3 Å². The van der Waals surface area contributed by atoms with Gasteiger partial charge < -0.3 is 10.4 Å². The summed E-state index contributed by atoms with van der Waals surface area (Å²) < 4.78 is 0. The topological polar surface area (TPSA) is 45.2 Å². The van der Waals surface area contributed by atoms with Gasteiger partial charge in [0.1, 0.15) is 0 Å². The Hall–Kier alpha value is -0.450. The van der Waals surface area contributed by atoms with Crippen LogP contribution in [0.5, 0.6) is 0 Å². The number of aryl methyl sites for hydroxylation is 1. The van der Waals surface area contributed by atoms with Gasteiger partial charge in [0, 0.05) is 17.0 Å². The minimum Gasteiger partial charge on any atom is -0.395 e. The van der Waals surface area contributed by atoms with E-state index in [0.717, 1.165) is 5.69 Å². The summed E-state index contributed by atoms with van der Waals surface area (Å²) in [6, 6.07) is 0.415. The van der Waals surface area contributed by atoms with Gasteiger partial charge in [-0.2, -0.15) is 0 Å². The summed E-state index contributed by atoms with van der Waals surface area (Å²) in [6.07, 6.45) is 0. The maximum absolute atomic E-state index is 9.24. The molecule has 0 saturated heterocycles. The van der Waals surface area contributed by atoms with Crippen LogP contribution in [-0.2, 0) is 0 Å². The van der Waals surface area contributed by atoms with Crippen molar-refractivity contribution in [3.05, 3.63) is 16.1 Å². The number of hydrogen-bond donors (Lipinski definition) is 2. The fourth-order valence-corrected chi connectivity index (χ4v) is 2.40. The number of thiazole rings is 1. The highest BCUT2D eigenvalue weighted by Crippen LogP contribution is 2.22. The van der Waals surface area contributed by atoms with Crippen LogP contribution < -0.4 is 5.32 Å². The molecule has 3 nitrogen and oxygen atoms in total. The van der Waals surface area contributed by atoms with Crippen molar-refractivity contribution in [2.75, 3.05) is 6.61 Å². The highest BCUT2D eigenvalue weighted by Gasteiger charge is 2.17. The van der Waals surface area contributed by atoms with Crippen molar-refractivity contribution in [3.63, 3.8) is 0 Å². The van der Waals surface area contributed by atoms with Crippen molar-refractivity contribution in [1.29, 1.82) is 0 Å². The third kappa shape index (κ3) is 3.26. The molecular formula is C11H20N2OS. The van der Waals surface area contributed by atoms with Crippen LogP contribution in [0.15, 0.2) is 5.51 Å². The lowest BCUT2D eigenvalue weighted by molar-refractivity contribution is 0.202. The fraction of sp³-hybridized carbons (Fsp3) is 0.727. The maximum Gasteiger partial charge on any atom is 0.0798 e. The van der Waals surface area contributed by atoms with Gasteiger partial charge in [-0.3, -0.25) is 0 Å². The molecule has 1 unspecified atom stereocenters. The first-order valence-electron chi connectivity index (χ1n) is 5.33. The minimum absolute atomic E-state index is 0.154. The van der Waals surface area contributed by atoms with Gasteiger partial charge in [-0.15, -0.1) is 11.3 Å². The molecule has 0 radical (unpaired) electrons. The minimum atomic E-state index is 0.154. The van der Waals surface area contributed by atoms with Crippen molar-refractivity contribution < 1.29 is 5.11 Å². The molecule has 0 amide bonds. The lowest BCUT2D eigenvalue weighted by Gasteiger charge is -2.24. The Bertz CT molecular complexity index is 299. The van der Waals surface area contributed by atoms with Gasteiger partial charge in [-0.25, -0.2) is 4.98 Å². The number of hydrogen-bond acceptors (Lipinski definition) is 4. The van der Waals surface area contributed by atoms with Gasteiger partial charge in [0.2, 0.25) is 0 Å². The van der Waals surface area contributed by atoms with E-state index in [-0.39, 0.29) is 18.7 Å². The molecule has 0 aliphatic heterocycles. The van der Waals surface area contributed by atoms with Gasteiger partial charge in [0.25, 0.3) is 0 Å². The summed E-state index contributed by atoms with van der Waals surface area (Å²) in [6.45, 7) is 8.54. The molecule has 1 aromatic rings. The first kappa shape index (κ1) is 12.6. The first-order chi connectivity index (χ1) is 7.06. The van der Waals surface area contributed by atoms with Gasteiger partial charge in [0.15, 0.2) is 0 Å². The van der Waals surface area contributed by atoms with E-state index in [1.165, 1.54) is 4.88 Å². The normalized spacial score (nSPS) is 15.6. The van der Waals surface area contributed by atoms with E-state index in [1.54, 1.807) is 11.3 Å². The predicted octanol–water partition coefficient (Wildman–Crippen LogP) is 2.12. The van der Waals surface area contributed by atoms with Crippen LogP contribution in [0, 0.1) is 12.8 Å². The molecule has 0 bridgehead atoms.